The van der Waals surface area contributed by atoms with Gasteiger partial charge in [-0.25, -0.2) is 9.18 Å². The highest BCUT2D eigenvalue weighted by Gasteiger charge is 2.11. The van der Waals surface area contributed by atoms with Gasteiger partial charge < -0.3 is 10.1 Å². The Balaban J connectivity index is 1.54. The van der Waals surface area contributed by atoms with Crippen molar-refractivity contribution in [1.82, 2.24) is 9.97 Å². The average molecular weight is 387 g/mol. The molecule has 0 bridgehead atoms. The van der Waals surface area contributed by atoms with Crippen LogP contribution in [0.1, 0.15) is 29.0 Å². The number of nitrogens with zero attached hydrogens (tertiary/aromatic N) is 2. The summed E-state index contributed by atoms with van der Waals surface area (Å²) in [6, 6.07) is 18.2. The van der Waals surface area contributed by atoms with E-state index in [0.717, 1.165) is 22.3 Å². The van der Waals surface area contributed by atoms with Crippen LogP contribution in [0.4, 0.5) is 10.1 Å². The number of nitrogens with one attached hydrogen (secondary N) is 1. The molecule has 0 aliphatic carbocycles. The molecule has 0 saturated heterocycles. The number of carbonyl (C=O) groups excluding carboxylic acids is 1. The van der Waals surface area contributed by atoms with E-state index < -0.39 is 5.97 Å². The topological polar surface area (TPSA) is 64.1 Å². The van der Waals surface area contributed by atoms with Gasteiger partial charge in [0.05, 0.1) is 34.7 Å². The molecule has 0 fully saturated rings. The van der Waals surface area contributed by atoms with E-state index in [1.165, 1.54) is 24.3 Å². The van der Waals surface area contributed by atoms with E-state index in [0.29, 0.717) is 5.56 Å². The fraction of sp³-hybridized carbons (Fsp3) is 0.0870. The lowest BCUT2D eigenvalue weighted by atomic mass is 10.1. The first-order valence-electron chi connectivity index (χ1n) is 9.13. The van der Waals surface area contributed by atoms with E-state index in [2.05, 4.69) is 15.3 Å². The molecule has 0 radical (unpaired) electrons. The summed E-state index contributed by atoms with van der Waals surface area (Å²) in [5, 5.41) is 4.17. The van der Waals surface area contributed by atoms with Gasteiger partial charge in [0.25, 0.3) is 0 Å². The lowest BCUT2D eigenvalue weighted by Gasteiger charge is -2.15. The number of hydrogen-bond acceptors (Lipinski definition) is 5. The van der Waals surface area contributed by atoms with Crippen molar-refractivity contribution in [2.45, 2.75) is 13.0 Å². The van der Waals surface area contributed by atoms with Crippen molar-refractivity contribution in [3.63, 3.8) is 0 Å². The molecule has 0 spiro atoms. The molecule has 0 aliphatic rings. The van der Waals surface area contributed by atoms with Crippen molar-refractivity contribution in [3.8, 4) is 5.75 Å². The summed E-state index contributed by atoms with van der Waals surface area (Å²) in [7, 11) is 0. The second-order valence-corrected chi connectivity index (χ2v) is 6.60. The van der Waals surface area contributed by atoms with Crippen LogP contribution < -0.4 is 10.1 Å². The Hall–Kier alpha value is -3.80. The highest BCUT2D eigenvalue weighted by molar-refractivity contribution is 5.96. The minimum absolute atomic E-state index is 0.00192. The highest BCUT2D eigenvalue weighted by atomic mass is 19.1. The van der Waals surface area contributed by atoms with Gasteiger partial charge in [-0.3, -0.25) is 9.97 Å². The quantitative estimate of drug-likeness (QED) is 0.378. The second kappa shape index (κ2) is 8.06. The van der Waals surface area contributed by atoms with Crippen molar-refractivity contribution >= 4 is 22.6 Å². The number of ether oxygens (including phenoxy) is 1. The van der Waals surface area contributed by atoms with E-state index in [4.69, 9.17) is 4.74 Å². The summed E-state index contributed by atoms with van der Waals surface area (Å²) >= 11 is 0. The molecule has 4 aromatic rings. The molecule has 2 aromatic heterocycles. The SMILES string of the molecule is CC(Nc1cnc2ccc(C(=O)Oc3ccc(F)cc3)cc2c1)c1ccccn1. The molecule has 144 valence electrons. The van der Waals surface area contributed by atoms with E-state index in [9.17, 15) is 9.18 Å². The van der Waals surface area contributed by atoms with Gasteiger partial charge in [0, 0.05) is 11.6 Å². The smallest absolute Gasteiger partial charge is 0.343 e. The van der Waals surface area contributed by atoms with Gasteiger partial charge >= 0.3 is 5.97 Å². The summed E-state index contributed by atoms with van der Waals surface area (Å²) in [4.78, 5) is 21.2. The van der Waals surface area contributed by atoms with Crippen molar-refractivity contribution < 1.29 is 13.9 Å². The first kappa shape index (κ1) is 18.6. The van der Waals surface area contributed by atoms with Crippen molar-refractivity contribution in [2.24, 2.45) is 0 Å². The molecule has 2 aromatic carbocycles. The van der Waals surface area contributed by atoms with Crippen LogP contribution in [-0.4, -0.2) is 15.9 Å². The van der Waals surface area contributed by atoms with Crippen LogP contribution >= 0.6 is 0 Å². The summed E-state index contributed by atoms with van der Waals surface area (Å²) in [5.41, 5.74) is 2.89. The summed E-state index contributed by atoms with van der Waals surface area (Å²) < 4.78 is 18.3. The number of rotatable bonds is 5. The van der Waals surface area contributed by atoms with Crippen LogP contribution in [0, 0.1) is 5.82 Å². The van der Waals surface area contributed by atoms with Gasteiger partial charge in [-0.1, -0.05) is 6.07 Å². The zero-order valence-corrected chi connectivity index (χ0v) is 15.7. The summed E-state index contributed by atoms with van der Waals surface area (Å²) in [5.74, 6) is -0.616. The Kier molecular flexibility index (Phi) is 5.16. The Bertz CT molecular complexity index is 1150. The first-order chi connectivity index (χ1) is 14.1. The largest absolute Gasteiger partial charge is 0.423 e. The number of pyridine rings is 2. The highest BCUT2D eigenvalue weighted by Crippen LogP contribution is 2.23. The number of halogens is 1. The third-order valence-corrected chi connectivity index (χ3v) is 4.46. The lowest BCUT2D eigenvalue weighted by molar-refractivity contribution is 0.0734. The lowest BCUT2D eigenvalue weighted by Crippen LogP contribution is -2.09. The van der Waals surface area contributed by atoms with Crippen molar-refractivity contribution in [2.75, 3.05) is 5.32 Å². The molecule has 0 amide bonds. The van der Waals surface area contributed by atoms with E-state index in [-0.39, 0.29) is 17.6 Å². The number of anilines is 1. The zero-order chi connectivity index (χ0) is 20.2. The fourth-order valence-electron chi connectivity index (χ4n) is 2.96. The van der Waals surface area contributed by atoms with Gasteiger partial charge in [-0.15, -0.1) is 0 Å². The van der Waals surface area contributed by atoms with Crippen LogP contribution in [0.2, 0.25) is 0 Å². The second-order valence-electron chi connectivity index (χ2n) is 6.60. The number of carbonyl (C=O) groups is 1. The van der Waals surface area contributed by atoms with Gasteiger partial charge in [0.15, 0.2) is 0 Å². The molecule has 5 nitrogen and oxygen atoms in total. The maximum absolute atomic E-state index is 13.0. The Morgan fingerprint density at radius 2 is 1.86 bits per heavy atom. The maximum atomic E-state index is 13.0. The number of fused-ring (bicyclic) bond motifs is 1. The summed E-state index contributed by atoms with van der Waals surface area (Å²) in [6.45, 7) is 2.02. The van der Waals surface area contributed by atoms with Gasteiger partial charge in [-0.05, 0) is 67.6 Å². The van der Waals surface area contributed by atoms with Gasteiger partial charge in [-0.2, -0.15) is 0 Å². The minimum Gasteiger partial charge on any atom is -0.423 e. The molecule has 0 aliphatic heterocycles. The molecule has 4 rings (SSSR count). The molecular formula is C23H18FN3O2. The van der Waals surface area contributed by atoms with Crippen LogP contribution in [0.15, 0.2) is 79.1 Å². The monoisotopic (exact) mass is 387 g/mol. The van der Waals surface area contributed by atoms with Crippen LogP contribution in [0.3, 0.4) is 0 Å². The standard InChI is InChI=1S/C23H18FN3O2/c1-15(21-4-2-3-11-25-21)27-19-13-17-12-16(5-10-22(17)26-14-19)23(28)29-20-8-6-18(24)7-9-20/h2-15,27H,1H3. The van der Waals surface area contributed by atoms with Crippen molar-refractivity contribution in [3.05, 3.63) is 96.2 Å². The van der Waals surface area contributed by atoms with Gasteiger partial charge in [0.2, 0.25) is 0 Å². The van der Waals surface area contributed by atoms with Crippen LogP contribution in [0.25, 0.3) is 10.9 Å². The molecule has 1 N–H and O–H groups in total. The molecule has 2 heterocycles. The molecule has 29 heavy (non-hydrogen) atoms. The molecule has 0 saturated carbocycles. The Labute approximate surface area is 167 Å². The minimum atomic E-state index is -0.515. The molecule has 1 atom stereocenters. The predicted octanol–water partition coefficient (Wildman–Crippen LogP) is 5.16. The Morgan fingerprint density at radius 3 is 2.62 bits per heavy atom. The Morgan fingerprint density at radius 1 is 1.03 bits per heavy atom. The predicted molar refractivity (Wildman–Crippen MR) is 109 cm³/mol. The summed E-state index contributed by atoms with van der Waals surface area (Å²) in [6.07, 6.45) is 3.50. The number of esters is 1. The van der Waals surface area contributed by atoms with E-state index in [1.807, 2.05) is 31.2 Å². The fourth-order valence-corrected chi connectivity index (χ4v) is 2.96. The van der Waals surface area contributed by atoms with Gasteiger partial charge in [0.1, 0.15) is 11.6 Å². The van der Waals surface area contributed by atoms with Crippen molar-refractivity contribution in [1.29, 1.82) is 0 Å². The molecule has 6 heteroatoms. The number of benzene rings is 2. The van der Waals surface area contributed by atoms with E-state index in [1.54, 1.807) is 30.6 Å². The number of aromatic nitrogens is 2. The molecule has 1 unspecified atom stereocenters. The maximum Gasteiger partial charge on any atom is 0.343 e. The molecular weight excluding hydrogens is 369 g/mol. The van der Waals surface area contributed by atoms with Crippen LogP contribution in [0.5, 0.6) is 5.75 Å². The van der Waals surface area contributed by atoms with Crippen LogP contribution in [-0.2, 0) is 0 Å². The third-order valence-electron chi connectivity index (χ3n) is 4.46. The average Bonchev–Trinajstić information content (AvgIpc) is 2.75. The van der Waals surface area contributed by atoms with E-state index >= 15 is 0 Å². The zero-order valence-electron chi connectivity index (χ0n) is 15.7. The number of hydrogen-bond donors (Lipinski definition) is 1. The third kappa shape index (κ3) is 4.38. The normalized spacial score (nSPS) is 11.8. The first-order valence-corrected chi connectivity index (χ1v) is 9.13.